The zero-order valence-electron chi connectivity index (χ0n) is 25.6. The Morgan fingerprint density at radius 2 is 0.976 bits per heavy atom. The topological polar surface area (TPSA) is 125 Å². The van der Waals surface area contributed by atoms with Crippen molar-refractivity contribution in [3.8, 4) is 0 Å². The van der Waals surface area contributed by atoms with Crippen molar-refractivity contribution in [1.82, 2.24) is 0 Å². The van der Waals surface area contributed by atoms with Crippen molar-refractivity contribution in [2.24, 2.45) is 0 Å². The highest BCUT2D eigenvalue weighted by atomic mass is 32.2. The largest absolute Gasteiger partial charge is 0.463 e. The minimum atomic E-state index is -3.77. The van der Waals surface area contributed by atoms with Crippen LogP contribution in [0.4, 0.5) is 0 Å². The van der Waals surface area contributed by atoms with Gasteiger partial charge < -0.3 is 33.2 Å². The summed E-state index contributed by atoms with van der Waals surface area (Å²) < 4.78 is 66.7. The van der Waals surface area contributed by atoms with Gasteiger partial charge in [-0.2, -0.15) is 8.42 Å². The van der Waals surface area contributed by atoms with Crippen LogP contribution in [-0.4, -0.2) is 107 Å². The molecule has 0 radical (unpaired) electrons. The predicted molar refractivity (Wildman–Crippen MR) is 158 cm³/mol. The van der Waals surface area contributed by atoms with Crippen LogP contribution in [0.1, 0.15) is 57.4 Å². The van der Waals surface area contributed by atoms with Crippen LogP contribution in [0.25, 0.3) is 0 Å². The Morgan fingerprint density at radius 3 is 1.45 bits per heavy atom. The molecule has 0 saturated heterocycles. The summed E-state index contributed by atoms with van der Waals surface area (Å²) in [5, 5.41) is 0. The van der Waals surface area contributed by atoms with Crippen molar-refractivity contribution < 1.29 is 50.6 Å². The van der Waals surface area contributed by atoms with Crippen LogP contribution in [0.15, 0.2) is 29.2 Å². The molecule has 0 aliphatic heterocycles. The zero-order chi connectivity index (χ0) is 30.6. The Bertz CT molecular complexity index is 863. The van der Waals surface area contributed by atoms with Gasteiger partial charge in [0.2, 0.25) is 0 Å². The molecule has 42 heavy (non-hydrogen) atoms. The first-order valence-electron chi connectivity index (χ1n) is 15.0. The molecule has 0 bridgehead atoms. The number of hydrogen-bond acceptors (Lipinski definition) is 11. The van der Waals surface area contributed by atoms with E-state index in [0.717, 1.165) is 18.4 Å². The Balaban J connectivity index is 1.74. The minimum absolute atomic E-state index is 0.0593. The maximum Gasteiger partial charge on any atom is 0.305 e. The summed E-state index contributed by atoms with van der Waals surface area (Å²) in [6.45, 7) is 9.08. The molecule has 0 aromatic heterocycles. The molecule has 0 fully saturated rings. The molecular weight excluding hydrogens is 568 g/mol. The fourth-order valence-corrected chi connectivity index (χ4v) is 4.41. The van der Waals surface area contributed by atoms with Gasteiger partial charge in [0.15, 0.2) is 0 Å². The lowest BCUT2D eigenvalue weighted by Gasteiger charge is -2.09. The highest BCUT2D eigenvalue weighted by Crippen LogP contribution is 2.13. The average Bonchev–Trinajstić information content (AvgIpc) is 2.97. The second kappa shape index (κ2) is 26.9. The number of aryl methyl sites for hydroxylation is 1. The number of ether oxygens (including phenoxy) is 7. The lowest BCUT2D eigenvalue weighted by Crippen LogP contribution is -2.15. The molecule has 1 aromatic rings. The summed E-state index contributed by atoms with van der Waals surface area (Å²) in [5.41, 5.74) is 0.975. The maximum atomic E-state index is 12.1. The van der Waals surface area contributed by atoms with E-state index in [-0.39, 0.29) is 30.7 Å². The first-order chi connectivity index (χ1) is 20.5. The number of carbonyl (C=O) groups excluding carboxylic acids is 1. The van der Waals surface area contributed by atoms with Gasteiger partial charge >= 0.3 is 5.97 Å². The van der Waals surface area contributed by atoms with Gasteiger partial charge in [-0.15, -0.1) is 0 Å². The lowest BCUT2D eigenvalue weighted by molar-refractivity contribution is -0.145. The fourth-order valence-electron chi connectivity index (χ4n) is 3.51. The summed E-state index contributed by atoms with van der Waals surface area (Å²) in [5.74, 6) is -0.154. The van der Waals surface area contributed by atoms with E-state index in [1.165, 1.54) is 37.8 Å². The van der Waals surface area contributed by atoms with Crippen LogP contribution in [0, 0.1) is 6.92 Å². The molecule has 0 aliphatic rings. The third kappa shape index (κ3) is 22.9. The Kier molecular flexibility index (Phi) is 24.6. The SMILES string of the molecule is CCCCCCCCC(=O)OCCOCCOCCOCCOCCOCCOCCOS(=O)(=O)c1ccc(C)cc1. The molecule has 0 unspecified atom stereocenters. The summed E-state index contributed by atoms with van der Waals surface area (Å²) in [4.78, 5) is 11.8. The van der Waals surface area contributed by atoms with Gasteiger partial charge in [0.05, 0.1) is 90.8 Å². The molecule has 1 aromatic carbocycles. The van der Waals surface area contributed by atoms with Crippen molar-refractivity contribution >= 4 is 16.1 Å². The van der Waals surface area contributed by atoms with Crippen molar-refractivity contribution in [3.63, 3.8) is 0 Å². The molecule has 0 N–H and O–H groups in total. The second-order valence-electron chi connectivity index (χ2n) is 9.50. The molecule has 12 heteroatoms. The van der Waals surface area contributed by atoms with Crippen molar-refractivity contribution in [2.75, 3.05) is 92.5 Å². The van der Waals surface area contributed by atoms with E-state index in [1.54, 1.807) is 12.1 Å². The summed E-state index contributed by atoms with van der Waals surface area (Å²) in [6, 6.07) is 6.48. The van der Waals surface area contributed by atoms with E-state index >= 15 is 0 Å². The average molecular weight is 621 g/mol. The maximum absolute atomic E-state index is 12.1. The Labute approximate surface area is 252 Å². The minimum Gasteiger partial charge on any atom is -0.463 e. The van der Waals surface area contributed by atoms with Crippen LogP contribution in [-0.2, 0) is 52.3 Å². The number of esters is 1. The van der Waals surface area contributed by atoms with Gasteiger partial charge in [0, 0.05) is 6.42 Å². The van der Waals surface area contributed by atoms with Crippen molar-refractivity contribution in [1.29, 1.82) is 0 Å². The van der Waals surface area contributed by atoms with E-state index in [9.17, 15) is 13.2 Å². The smallest absolute Gasteiger partial charge is 0.305 e. The van der Waals surface area contributed by atoms with E-state index in [1.807, 2.05) is 6.92 Å². The van der Waals surface area contributed by atoms with Crippen molar-refractivity contribution in [3.05, 3.63) is 29.8 Å². The molecule has 244 valence electrons. The molecule has 0 spiro atoms. The van der Waals surface area contributed by atoms with E-state index in [4.69, 9.17) is 37.3 Å². The fraction of sp³-hybridized carbons (Fsp3) is 0.767. The molecule has 0 atom stereocenters. The van der Waals surface area contributed by atoms with Gasteiger partial charge in [-0.25, -0.2) is 0 Å². The third-order valence-electron chi connectivity index (χ3n) is 5.86. The highest BCUT2D eigenvalue weighted by Gasteiger charge is 2.14. The highest BCUT2D eigenvalue weighted by molar-refractivity contribution is 7.86. The first-order valence-corrected chi connectivity index (χ1v) is 16.4. The molecule has 1 rings (SSSR count). The van der Waals surface area contributed by atoms with E-state index < -0.39 is 10.1 Å². The Morgan fingerprint density at radius 1 is 0.571 bits per heavy atom. The number of unbranched alkanes of at least 4 members (excludes halogenated alkanes) is 5. The summed E-state index contributed by atoms with van der Waals surface area (Å²) in [7, 11) is -3.77. The monoisotopic (exact) mass is 620 g/mol. The molecular formula is C30H52O11S. The number of hydrogen-bond donors (Lipinski definition) is 0. The number of carbonyl (C=O) groups is 1. The molecule has 11 nitrogen and oxygen atoms in total. The first kappa shape index (κ1) is 38.4. The van der Waals surface area contributed by atoms with Crippen LogP contribution in [0.2, 0.25) is 0 Å². The number of benzene rings is 1. The standard InChI is InChI=1S/C30H52O11S/c1-3-4-5-6-7-8-9-30(31)40-26-24-38-22-20-36-18-16-34-14-15-35-17-19-37-21-23-39-25-27-41-42(32,33)29-12-10-28(2)11-13-29/h10-13H,3-9,14-27H2,1-2H3. The van der Waals surface area contributed by atoms with Crippen LogP contribution in [0.3, 0.4) is 0 Å². The van der Waals surface area contributed by atoms with Gasteiger partial charge in [0.25, 0.3) is 10.1 Å². The van der Waals surface area contributed by atoms with Gasteiger partial charge in [-0.05, 0) is 25.5 Å². The summed E-state index contributed by atoms with van der Waals surface area (Å²) in [6.07, 6.45) is 7.37. The van der Waals surface area contributed by atoms with E-state index in [0.29, 0.717) is 79.1 Å². The number of rotatable bonds is 30. The van der Waals surface area contributed by atoms with Gasteiger partial charge in [-0.3, -0.25) is 8.98 Å². The van der Waals surface area contributed by atoms with Gasteiger partial charge in [0.1, 0.15) is 6.61 Å². The van der Waals surface area contributed by atoms with Crippen molar-refractivity contribution in [2.45, 2.75) is 63.7 Å². The Hall–Kier alpha value is -1.64. The molecule has 0 amide bonds. The third-order valence-corrected chi connectivity index (χ3v) is 7.19. The normalized spacial score (nSPS) is 11.7. The second-order valence-corrected chi connectivity index (χ2v) is 11.1. The van der Waals surface area contributed by atoms with E-state index in [2.05, 4.69) is 6.92 Å². The van der Waals surface area contributed by atoms with Crippen LogP contribution < -0.4 is 0 Å². The van der Waals surface area contributed by atoms with Crippen LogP contribution >= 0.6 is 0 Å². The predicted octanol–water partition coefficient (Wildman–Crippen LogP) is 4.09. The van der Waals surface area contributed by atoms with Crippen LogP contribution in [0.5, 0.6) is 0 Å². The zero-order valence-corrected chi connectivity index (χ0v) is 26.4. The lowest BCUT2D eigenvalue weighted by atomic mass is 10.1. The molecule has 0 aliphatic carbocycles. The summed E-state index contributed by atoms with van der Waals surface area (Å²) >= 11 is 0. The molecule has 0 heterocycles. The van der Waals surface area contributed by atoms with Gasteiger partial charge in [-0.1, -0.05) is 56.7 Å². The molecule has 0 saturated carbocycles. The quantitative estimate of drug-likeness (QED) is 0.0701.